The largest absolute Gasteiger partial charge is 0.478 e. The Bertz CT molecular complexity index is 1440. The monoisotopic (exact) mass is 491 g/mol. The molecule has 0 saturated carbocycles. The van der Waals surface area contributed by atoms with Crippen molar-refractivity contribution in [1.82, 2.24) is 9.88 Å². The Morgan fingerprint density at radius 3 is 2.46 bits per heavy atom. The molecule has 3 aromatic rings. The van der Waals surface area contributed by atoms with Gasteiger partial charge in [-0.25, -0.2) is 14.5 Å². The van der Waals surface area contributed by atoms with Crippen LogP contribution in [0.3, 0.4) is 0 Å². The van der Waals surface area contributed by atoms with Gasteiger partial charge in [0.15, 0.2) is 0 Å². The number of amides is 4. The van der Waals surface area contributed by atoms with Crippen molar-refractivity contribution in [2.24, 2.45) is 0 Å². The molecule has 2 aromatic carbocycles. The zero-order chi connectivity index (χ0) is 25.4. The number of hydrogen-bond donors (Lipinski definition) is 2. The number of carbonyl (C=O) groups is 4. The Hall–Kier alpha value is -4.17. The highest BCUT2D eigenvalue weighted by Gasteiger charge is 2.37. The van der Waals surface area contributed by atoms with E-state index in [1.165, 1.54) is 12.1 Å². The molecule has 9 heteroatoms. The lowest BCUT2D eigenvalue weighted by molar-refractivity contribution is -0.122. The summed E-state index contributed by atoms with van der Waals surface area (Å²) in [5, 5.41) is 11.6. The normalized spacial score (nSPS) is 15.0. The van der Waals surface area contributed by atoms with Crippen LogP contribution in [0.15, 0.2) is 54.1 Å². The van der Waals surface area contributed by atoms with Gasteiger partial charge in [0.25, 0.3) is 11.8 Å². The van der Waals surface area contributed by atoms with E-state index in [2.05, 4.69) is 5.32 Å². The van der Waals surface area contributed by atoms with Crippen LogP contribution in [-0.2, 0) is 16.0 Å². The Kier molecular flexibility index (Phi) is 6.32. The SMILES string of the molecule is CCc1ccccc1N1C(=O)NC(=O)/C(=C\c2cc(C)n(-c3ccc(C(=O)O)c(Cl)c3)c2C)C1=O. The molecule has 4 amide bonds. The van der Waals surface area contributed by atoms with Gasteiger partial charge in [-0.05, 0) is 67.8 Å². The van der Waals surface area contributed by atoms with Gasteiger partial charge in [0.2, 0.25) is 0 Å². The van der Waals surface area contributed by atoms with Crippen molar-refractivity contribution < 1.29 is 24.3 Å². The molecule has 8 nitrogen and oxygen atoms in total. The maximum Gasteiger partial charge on any atom is 0.337 e. The van der Waals surface area contributed by atoms with E-state index in [0.29, 0.717) is 29.1 Å². The number of carboxylic acid groups (broad SMARTS) is 1. The molecule has 4 rings (SSSR count). The lowest BCUT2D eigenvalue weighted by Crippen LogP contribution is -2.54. The molecule has 1 aliphatic rings. The van der Waals surface area contributed by atoms with E-state index in [1.54, 1.807) is 37.3 Å². The van der Waals surface area contributed by atoms with Crippen molar-refractivity contribution in [3.63, 3.8) is 0 Å². The van der Waals surface area contributed by atoms with Gasteiger partial charge in [0.05, 0.1) is 16.3 Å². The number of carbonyl (C=O) groups excluding carboxylic acids is 3. The Balaban J connectivity index is 1.77. The van der Waals surface area contributed by atoms with Gasteiger partial charge in [0, 0.05) is 17.1 Å². The van der Waals surface area contributed by atoms with Crippen LogP contribution in [0, 0.1) is 13.8 Å². The number of anilines is 1. The molecule has 35 heavy (non-hydrogen) atoms. The number of rotatable bonds is 5. The molecule has 2 heterocycles. The van der Waals surface area contributed by atoms with Gasteiger partial charge in [-0.3, -0.25) is 14.9 Å². The molecule has 1 fully saturated rings. The highest BCUT2D eigenvalue weighted by atomic mass is 35.5. The first-order valence-electron chi connectivity index (χ1n) is 10.9. The highest BCUT2D eigenvalue weighted by molar-refractivity contribution is 6.39. The van der Waals surface area contributed by atoms with Gasteiger partial charge in [-0.2, -0.15) is 0 Å². The number of para-hydroxylation sites is 1. The number of imide groups is 2. The molecular formula is C26H22ClN3O5. The number of urea groups is 1. The van der Waals surface area contributed by atoms with Crippen molar-refractivity contribution in [2.75, 3.05) is 4.90 Å². The van der Waals surface area contributed by atoms with Gasteiger partial charge >= 0.3 is 12.0 Å². The summed E-state index contributed by atoms with van der Waals surface area (Å²) in [6.07, 6.45) is 2.06. The van der Waals surface area contributed by atoms with Crippen LogP contribution in [0.25, 0.3) is 11.8 Å². The quantitative estimate of drug-likeness (QED) is 0.398. The van der Waals surface area contributed by atoms with Crippen molar-refractivity contribution in [1.29, 1.82) is 0 Å². The first kappa shape index (κ1) is 24.0. The average Bonchev–Trinajstić information content (AvgIpc) is 3.09. The maximum absolute atomic E-state index is 13.3. The second-order valence-corrected chi connectivity index (χ2v) is 8.48. The number of nitrogens with one attached hydrogen (secondary N) is 1. The molecule has 0 spiro atoms. The van der Waals surface area contributed by atoms with Crippen LogP contribution in [0.4, 0.5) is 10.5 Å². The van der Waals surface area contributed by atoms with Gasteiger partial charge in [-0.15, -0.1) is 0 Å². The van der Waals surface area contributed by atoms with Crippen molar-refractivity contribution in [3.8, 4) is 5.69 Å². The Morgan fingerprint density at radius 2 is 1.80 bits per heavy atom. The third-order valence-electron chi connectivity index (χ3n) is 5.93. The molecule has 2 N–H and O–H groups in total. The molecular weight excluding hydrogens is 470 g/mol. The highest BCUT2D eigenvalue weighted by Crippen LogP contribution is 2.29. The van der Waals surface area contributed by atoms with Crippen LogP contribution in [0.1, 0.15) is 39.8 Å². The van der Waals surface area contributed by atoms with E-state index in [1.807, 2.05) is 30.5 Å². The minimum Gasteiger partial charge on any atom is -0.478 e. The zero-order valence-corrected chi connectivity index (χ0v) is 20.0. The minimum absolute atomic E-state index is 0.0122. The standard InChI is InChI=1S/C26H22ClN3O5/c1-4-16-7-5-6-8-22(16)30-24(32)20(23(31)28-26(30)35)12-17-11-14(2)29(15(17)3)18-9-10-19(25(33)34)21(27)13-18/h5-13H,4H2,1-3H3,(H,33,34)(H,28,31,35)/b20-12+. The van der Waals surface area contributed by atoms with E-state index in [0.717, 1.165) is 16.2 Å². The Morgan fingerprint density at radius 1 is 1.09 bits per heavy atom. The molecule has 1 aliphatic heterocycles. The number of hydrogen-bond acceptors (Lipinski definition) is 4. The third kappa shape index (κ3) is 4.24. The lowest BCUT2D eigenvalue weighted by Gasteiger charge is -2.28. The second-order valence-electron chi connectivity index (χ2n) is 8.07. The summed E-state index contributed by atoms with van der Waals surface area (Å²) in [4.78, 5) is 50.8. The van der Waals surface area contributed by atoms with E-state index < -0.39 is 23.8 Å². The van der Waals surface area contributed by atoms with Crippen molar-refractivity contribution >= 4 is 47.2 Å². The first-order chi connectivity index (χ1) is 16.6. The fourth-order valence-electron chi connectivity index (χ4n) is 4.21. The van der Waals surface area contributed by atoms with E-state index in [-0.39, 0.29) is 16.2 Å². The van der Waals surface area contributed by atoms with Crippen molar-refractivity contribution in [2.45, 2.75) is 27.2 Å². The number of carboxylic acids is 1. The van der Waals surface area contributed by atoms with Crippen LogP contribution in [-0.4, -0.2) is 33.5 Å². The topological polar surface area (TPSA) is 109 Å². The smallest absolute Gasteiger partial charge is 0.337 e. The van der Waals surface area contributed by atoms with Crippen LogP contribution >= 0.6 is 11.6 Å². The summed E-state index contributed by atoms with van der Waals surface area (Å²) in [5.41, 5.74) is 3.75. The predicted molar refractivity (Wildman–Crippen MR) is 132 cm³/mol. The molecule has 0 unspecified atom stereocenters. The number of barbiturate groups is 1. The minimum atomic E-state index is -1.13. The summed E-state index contributed by atoms with van der Waals surface area (Å²) < 4.78 is 1.84. The van der Waals surface area contributed by atoms with Gasteiger partial charge < -0.3 is 9.67 Å². The molecule has 178 valence electrons. The number of benzene rings is 2. The Labute approximate surface area is 206 Å². The summed E-state index contributed by atoms with van der Waals surface area (Å²) in [6, 6.07) is 12.6. The fourth-order valence-corrected chi connectivity index (χ4v) is 4.46. The summed E-state index contributed by atoms with van der Waals surface area (Å²) >= 11 is 6.15. The van der Waals surface area contributed by atoms with Crippen LogP contribution < -0.4 is 10.2 Å². The molecule has 1 aromatic heterocycles. The first-order valence-corrected chi connectivity index (χ1v) is 11.2. The van der Waals surface area contributed by atoms with E-state index in [4.69, 9.17) is 11.6 Å². The fraction of sp³-hybridized carbons (Fsp3) is 0.154. The summed E-state index contributed by atoms with van der Waals surface area (Å²) in [7, 11) is 0. The molecule has 0 aliphatic carbocycles. The lowest BCUT2D eigenvalue weighted by atomic mass is 10.0. The molecule has 0 atom stereocenters. The van der Waals surface area contributed by atoms with Crippen molar-refractivity contribution in [3.05, 3.63) is 87.2 Å². The average molecular weight is 492 g/mol. The number of aryl methyl sites for hydroxylation is 2. The summed E-state index contributed by atoms with van der Waals surface area (Å²) in [5.74, 6) is -2.61. The second kappa shape index (κ2) is 9.23. The molecule has 0 bridgehead atoms. The van der Waals surface area contributed by atoms with Gasteiger partial charge in [-0.1, -0.05) is 36.7 Å². The molecule has 0 radical (unpaired) electrons. The summed E-state index contributed by atoms with van der Waals surface area (Å²) in [6.45, 7) is 5.56. The van der Waals surface area contributed by atoms with E-state index >= 15 is 0 Å². The third-order valence-corrected chi connectivity index (χ3v) is 6.24. The van der Waals surface area contributed by atoms with Crippen LogP contribution in [0.2, 0.25) is 5.02 Å². The van der Waals surface area contributed by atoms with Gasteiger partial charge in [0.1, 0.15) is 5.57 Å². The van der Waals surface area contributed by atoms with Crippen LogP contribution in [0.5, 0.6) is 0 Å². The zero-order valence-electron chi connectivity index (χ0n) is 19.3. The number of aromatic nitrogens is 1. The predicted octanol–water partition coefficient (Wildman–Crippen LogP) is 4.67. The number of nitrogens with zero attached hydrogens (tertiary/aromatic N) is 2. The van der Waals surface area contributed by atoms with E-state index in [9.17, 15) is 24.3 Å². The molecule has 1 saturated heterocycles. The number of halogens is 1. The maximum atomic E-state index is 13.3. The number of aromatic carboxylic acids is 1.